The summed E-state index contributed by atoms with van der Waals surface area (Å²) in [7, 11) is -2.55. The van der Waals surface area contributed by atoms with E-state index in [1.54, 1.807) is 45.9 Å². The lowest BCUT2D eigenvalue weighted by atomic mass is 9.97. The lowest BCUT2D eigenvalue weighted by molar-refractivity contribution is -0.154. The number of nitrogens with zero attached hydrogens (tertiary/aromatic N) is 4. The first kappa shape index (κ1) is 29.7. The predicted octanol–water partition coefficient (Wildman–Crippen LogP) is 3.73. The van der Waals surface area contributed by atoms with Crippen molar-refractivity contribution in [3.63, 3.8) is 0 Å². The summed E-state index contributed by atoms with van der Waals surface area (Å²) in [5, 5.41) is 10.1. The van der Waals surface area contributed by atoms with Gasteiger partial charge in [0.05, 0.1) is 28.5 Å². The summed E-state index contributed by atoms with van der Waals surface area (Å²) in [6.07, 6.45) is 1.88. The van der Waals surface area contributed by atoms with Crippen LogP contribution >= 0.6 is 0 Å². The van der Waals surface area contributed by atoms with E-state index >= 15 is 0 Å². The van der Waals surface area contributed by atoms with Gasteiger partial charge in [-0.2, -0.15) is 18.0 Å². The van der Waals surface area contributed by atoms with Crippen LogP contribution in [0.15, 0.2) is 41.5 Å². The molecular weight excluding hydrogens is 525 g/mol. The fourth-order valence-electron chi connectivity index (χ4n) is 3.86. The lowest BCUT2D eigenvalue weighted by Gasteiger charge is -2.19. The highest BCUT2D eigenvalue weighted by Crippen LogP contribution is 2.27. The normalized spacial score (nSPS) is 11.9. The van der Waals surface area contributed by atoms with Crippen molar-refractivity contribution in [1.82, 2.24) is 13.9 Å². The Balaban J connectivity index is 1.88. The number of nitriles is 1. The van der Waals surface area contributed by atoms with E-state index < -0.39 is 21.6 Å². The molecule has 0 saturated heterocycles. The summed E-state index contributed by atoms with van der Waals surface area (Å²) < 4.78 is 49.9. The molecule has 39 heavy (non-hydrogen) atoms. The first-order valence-electron chi connectivity index (χ1n) is 12.4. The molecule has 0 amide bonds. The number of aromatic nitrogens is 2. The van der Waals surface area contributed by atoms with E-state index in [4.69, 9.17) is 4.74 Å². The van der Waals surface area contributed by atoms with Crippen molar-refractivity contribution in [3.8, 4) is 6.07 Å². The summed E-state index contributed by atoms with van der Waals surface area (Å²) >= 11 is 0. The molecule has 0 bridgehead atoms. The molecule has 2 aromatic carbocycles. The Kier molecular flexibility index (Phi) is 9.09. The Morgan fingerprint density at radius 2 is 1.97 bits per heavy atom. The summed E-state index contributed by atoms with van der Waals surface area (Å²) in [4.78, 5) is 29.4. The molecule has 0 radical (unpaired) electrons. The van der Waals surface area contributed by atoms with Gasteiger partial charge in [0, 0.05) is 38.5 Å². The largest absolute Gasteiger partial charge is 0.460 e. The van der Waals surface area contributed by atoms with Gasteiger partial charge in [-0.1, -0.05) is 13.0 Å². The van der Waals surface area contributed by atoms with Gasteiger partial charge in [0.2, 0.25) is 0 Å². The Bertz CT molecular complexity index is 1590. The maximum atomic E-state index is 14.9. The second kappa shape index (κ2) is 11.9. The number of hydrogen-bond acceptors (Lipinski definition) is 7. The number of ether oxygens (including phenoxy) is 1. The van der Waals surface area contributed by atoms with Gasteiger partial charge in [0.1, 0.15) is 17.5 Å². The maximum absolute atomic E-state index is 14.9. The molecule has 0 fully saturated rings. The van der Waals surface area contributed by atoms with Crippen LogP contribution in [0.4, 0.5) is 10.1 Å². The fourth-order valence-corrected chi connectivity index (χ4v) is 4.80. The number of fused-ring (bicyclic) bond motifs is 1. The molecule has 10 nitrogen and oxygen atoms in total. The van der Waals surface area contributed by atoms with E-state index in [1.165, 1.54) is 24.0 Å². The van der Waals surface area contributed by atoms with Gasteiger partial charge in [-0.3, -0.25) is 18.9 Å². The molecule has 3 aromatic rings. The van der Waals surface area contributed by atoms with Crippen LogP contribution in [0.1, 0.15) is 57.2 Å². The van der Waals surface area contributed by atoms with Crippen LogP contribution in [0.2, 0.25) is 0 Å². The molecule has 0 aliphatic carbocycles. The highest BCUT2D eigenvalue weighted by Gasteiger charge is 2.21. The number of rotatable bonds is 10. The van der Waals surface area contributed by atoms with Crippen molar-refractivity contribution in [2.24, 2.45) is 0 Å². The van der Waals surface area contributed by atoms with Gasteiger partial charge in [-0.25, -0.2) is 9.37 Å². The molecule has 0 atom stereocenters. The van der Waals surface area contributed by atoms with E-state index in [0.29, 0.717) is 22.9 Å². The molecule has 0 unspecified atom stereocenters. The average Bonchev–Trinajstić information content (AvgIpc) is 2.86. The summed E-state index contributed by atoms with van der Waals surface area (Å²) in [6, 6.07) is 9.09. The third-order valence-electron chi connectivity index (χ3n) is 5.93. The topological polar surface area (TPSA) is 134 Å². The lowest BCUT2D eigenvalue weighted by Crippen LogP contribution is -2.32. The molecule has 12 heteroatoms. The quantitative estimate of drug-likeness (QED) is 0.375. The van der Waals surface area contributed by atoms with Crippen molar-refractivity contribution >= 4 is 32.8 Å². The molecule has 1 heterocycles. The van der Waals surface area contributed by atoms with Gasteiger partial charge >= 0.3 is 16.2 Å². The zero-order chi connectivity index (χ0) is 29.0. The minimum Gasteiger partial charge on any atom is -0.460 e. The first-order valence-corrected chi connectivity index (χ1v) is 13.8. The summed E-state index contributed by atoms with van der Waals surface area (Å²) in [5.74, 6) is -1.03. The minimum absolute atomic E-state index is 0.00206. The van der Waals surface area contributed by atoms with Crippen molar-refractivity contribution in [1.29, 1.82) is 5.26 Å². The van der Waals surface area contributed by atoms with Crippen LogP contribution in [0.25, 0.3) is 10.9 Å². The van der Waals surface area contributed by atoms with E-state index in [-0.39, 0.29) is 54.3 Å². The second-order valence-electron chi connectivity index (χ2n) is 10.0. The van der Waals surface area contributed by atoms with Crippen molar-refractivity contribution in [2.75, 3.05) is 18.3 Å². The summed E-state index contributed by atoms with van der Waals surface area (Å²) in [6.45, 7) is 7.47. The second-order valence-corrected chi connectivity index (χ2v) is 11.8. The number of anilines is 1. The van der Waals surface area contributed by atoms with Crippen molar-refractivity contribution in [3.05, 3.63) is 69.5 Å². The molecular formula is C27H32FN5O5S. The molecule has 1 aromatic heterocycles. The number of benzene rings is 2. The van der Waals surface area contributed by atoms with Crippen LogP contribution in [0.3, 0.4) is 0 Å². The number of esters is 1. The van der Waals surface area contributed by atoms with Crippen LogP contribution in [0.5, 0.6) is 0 Å². The average molecular weight is 558 g/mol. The van der Waals surface area contributed by atoms with Crippen LogP contribution in [0, 0.1) is 17.1 Å². The number of carbonyl (C=O) groups excluding carboxylic acids is 1. The third-order valence-corrected chi connectivity index (χ3v) is 7.49. The standard InChI is InChI=1S/C27H32FN5O5S/c1-6-32(5)39(36,37)31-24-12-10-22(28)19(21(24)16-29)14-18-9-11-23-20(15-18)26(35)33(17-30-23)13-7-8-25(34)38-27(2,3)4/h9-12,15,17,31H,6-8,13-14H2,1-5H3. The van der Waals surface area contributed by atoms with Gasteiger partial charge in [0.15, 0.2) is 0 Å². The van der Waals surface area contributed by atoms with Gasteiger partial charge < -0.3 is 4.74 Å². The highest BCUT2D eigenvalue weighted by atomic mass is 32.2. The number of nitrogens with one attached hydrogen (secondary N) is 1. The zero-order valence-corrected chi connectivity index (χ0v) is 23.4. The molecule has 0 aliphatic heterocycles. The number of carbonyl (C=O) groups is 1. The monoisotopic (exact) mass is 557 g/mol. The zero-order valence-electron chi connectivity index (χ0n) is 22.6. The fraction of sp³-hybridized carbons (Fsp3) is 0.407. The van der Waals surface area contributed by atoms with Gasteiger partial charge in [-0.05, 0) is 57.0 Å². The molecule has 0 spiro atoms. The highest BCUT2D eigenvalue weighted by molar-refractivity contribution is 7.90. The molecule has 3 rings (SSSR count). The Morgan fingerprint density at radius 3 is 2.62 bits per heavy atom. The van der Waals surface area contributed by atoms with Gasteiger partial charge in [0.25, 0.3) is 5.56 Å². The van der Waals surface area contributed by atoms with Gasteiger partial charge in [-0.15, -0.1) is 0 Å². The Morgan fingerprint density at radius 1 is 1.26 bits per heavy atom. The molecule has 0 aliphatic rings. The molecule has 1 N–H and O–H groups in total. The first-order chi connectivity index (χ1) is 18.3. The van der Waals surface area contributed by atoms with Crippen LogP contribution in [-0.2, 0) is 32.7 Å². The predicted molar refractivity (Wildman–Crippen MR) is 146 cm³/mol. The van der Waals surface area contributed by atoms with E-state index in [9.17, 15) is 27.7 Å². The molecule has 0 saturated carbocycles. The van der Waals surface area contributed by atoms with E-state index in [2.05, 4.69) is 9.71 Å². The number of halogens is 1. The van der Waals surface area contributed by atoms with Crippen molar-refractivity contribution < 1.29 is 22.3 Å². The smallest absolute Gasteiger partial charge is 0.306 e. The van der Waals surface area contributed by atoms with Crippen molar-refractivity contribution in [2.45, 2.75) is 59.1 Å². The third kappa shape index (κ3) is 7.40. The van der Waals surface area contributed by atoms with Crippen LogP contribution in [-0.4, -0.2) is 47.4 Å². The molecule has 208 valence electrons. The summed E-state index contributed by atoms with van der Waals surface area (Å²) in [5.41, 5.74) is -0.117. The maximum Gasteiger partial charge on any atom is 0.306 e. The number of aryl methyl sites for hydroxylation is 1. The van der Waals surface area contributed by atoms with E-state index in [0.717, 1.165) is 10.4 Å². The number of hydrogen-bond donors (Lipinski definition) is 1. The SMILES string of the molecule is CCN(C)S(=O)(=O)Nc1ccc(F)c(Cc2ccc3ncn(CCCC(=O)OC(C)(C)C)c(=O)c3c2)c1C#N. The van der Waals surface area contributed by atoms with E-state index in [1.807, 2.05) is 6.07 Å². The minimum atomic E-state index is -3.93. The Hall–Kier alpha value is -3.82. The van der Waals surface area contributed by atoms with Crippen LogP contribution < -0.4 is 10.3 Å². The Labute approximate surface area is 227 Å².